The summed E-state index contributed by atoms with van der Waals surface area (Å²) in [7, 11) is 0. The van der Waals surface area contributed by atoms with Crippen LogP contribution in [0.3, 0.4) is 0 Å². The maximum atomic E-state index is 12.7. The molecule has 224 valence electrons. The molecular weight excluding hydrogens is 556 g/mol. The monoisotopic (exact) mass is 588 g/mol. The second kappa shape index (κ2) is 15.6. The molecule has 0 bridgehead atoms. The normalized spacial score (nSPS) is 11.7. The van der Waals surface area contributed by atoms with Crippen molar-refractivity contribution in [3.8, 4) is 23.0 Å². The van der Waals surface area contributed by atoms with E-state index in [1.807, 2.05) is 0 Å². The molecule has 10 heteroatoms. The van der Waals surface area contributed by atoms with E-state index >= 15 is 0 Å². The van der Waals surface area contributed by atoms with Gasteiger partial charge in [0.15, 0.2) is 0 Å². The van der Waals surface area contributed by atoms with Gasteiger partial charge < -0.3 is 28.4 Å². The van der Waals surface area contributed by atoms with Crippen LogP contribution < -0.4 is 18.9 Å². The van der Waals surface area contributed by atoms with E-state index in [9.17, 15) is 19.2 Å². The smallest absolute Gasteiger partial charge is 0.343 e. The maximum Gasteiger partial charge on any atom is 0.343 e. The molecule has 0 saturated carbocycles. The van der Waals surface area contributed by atoms with Crippen LogP contribution >= 0.6 is 0 Å². The van der Waals surface area contributed by atoms with Gasteiger partial charge in [0.25, 0.3) is 0 Å². The Hall–Kier alpha value is -5.38. The first-order valence-electron chi connectivity index (χ1n) is 13.4. The topological polar surface area (TPSA) is 124 Å². The second-order valence-electron chi connectivity index (χ2n) is 8.95. The summed E-state index contributed by atoms with van der Waals surface area (Å²) in [5.74, 6) is -1.04. The van der Waals surface area contributed by atoms with Crippen molar-refractivity contribution in [1.29, 1.82) is 0 Å². The predicted octanol–water partition coefficient (Wildman–Crippen LogP) is 6.12. The Bertz CT molecular complexity index is 1460. The number of ether oxygens (including phenoxy) is 6. The van der Waals surface area contributed by atoms with Gasteiger partial charge in [0.05, 0.1) is 11.1 Å². The summed E-state index contributed by atoms with van der Waals surface area (Å²) in [5.41, 5.74) is 1.11. The van der Waals surface area contributed by atoms with Gasteiger partial charge in [0, 0.05) is 25.0 Å². The Morgan fingerprint density at radius 3 is 1.47 bits per heavy atom. The summed E-state index contributed by atoms with van der Waals surface area (Å²) in [6.07, 6.45) is 1.37. The molecule has 0 aliphatic rings. The highest BCUT2D eigenvalue weighted by atomic mass is 16.7. The van der Waals surface area contributed by atoms with Crippen molar-refractivity contribution < 1.29 is 47.6 Å². The Balaban J connectivity index is 1.57. The third kappa shape index (κ3) is 9.60. The van der Waals surface area contributed by atoms with E-state index in [1.165, 1.54) is 36.4 Å². The lowest BCUT2D eigenvalue weighted by Crippen LogP contribution is -2.22. The third-order valence-corrected chi connectivity index (χ3v) is 5.77. The molecular formula is C33H32O10. The average molecular weight is 589 g/mol. The molecule has 0 aliphatic carbocycles. The van der Waals surface area contributed by atoms with Crippen LogP contribution in [0.1, 0.15) is 53.0 Å². The highest BCUT2D eigenvalue weighted by molar-refractivity contribution is 5.92. The number of rotatable bonds is 14. The van der Waals surface area contributed by atoms with E-state index in [0.29, 0.717) is 29.9 Å². The van der Waals surface area contributed by atoms with Gasteiger partial charge in [-0.2, -0.15) is 0 Å². The molecule has 43 heavy (non-hydrogen) atoms. The number of hydrogen-bond acceptors (Lipinski definition) is 10. The number of carbonyl (C=O) groups excluding carboxylic acids is 4. The van der Waals surface area contributed by atoms with Crippen molar-refractivity contribution >= 4 is 23.9 Å². The first-order chi connectivity index (χ1) is 20.6. The average Bonchev–Trinajstić information content (AvgIpc) is 3.01. The molecule has 0 spiro atoms. The van der Waals surface area contributed by atoms with Crippen LogP contribution in [0.15, 0.2) is 92.0 Å². The molecule has 0 fully saturated rings. The van der Waals surface area contributed by atoms with Gasteiger partial charge in [0.2, 0.25) is 12.6 Å². The number of carbonyl (C=O) groups is 4. The Labute approximate surface area is 249 Å². The quantitative estimate of drug-likeness (QED) is 0.0941. The van der Waals surface area contributed by atoms with Crippen LogP contribution in [0.2, 0.25) is 0 Å². The van der Waals surface area contributed by atoms with E-state index in [-0.39, 0.29) is 22.6 Å². The van der Waals surface area contributed by atoms with Gasteiger partial charge in [0.1, 0.15) is 23.0 Å². The zero-order valence-corrected chi connectivity index (χ0v) is 24.1. The lowest BCUT2D eigenvalue weighted by Gasteiger charge is -2.17. The largest absolute Gasteiger partial charge is 0.455 e. The lowest BCUT2D eigenvalue weighted by molar-refractivity contribution is -0.158. The van der Waals surface area contributed by atoms with Crippen LogP contribution in [-0.2, 0) is 19.1 Å². The molecule has 0 radical (unpaired) electrons. The van der Waals surface area contributed by atoms with Crippen LogP contribution in [0.25, 0.3) is 0 Å². The fourth-order valence-corrected chi connectivity index (χ4v) is 3.50. The molecule has 0 aromatic heterocycles. The summed E-state index contributed by atoms with van der Waals surface area (Å²) in [6, 6.07) is 17.0. The minimum Gasteiger partial charge on any atom is -0.455 e. The molecule has 10 nitrogen and oxygen atoms in total. The fourth-order valence-electron chi connectivity index (χ4n) is 3.50. The number of aryl methyl sites for hydroxylation is 1. The predicted molar refractivity (Wildman–Crippen MR) is 156 cm³/mol. The maximum absolute atomic E-state index is 12.7. The molecule has 0 heterocycles. The molecule has 2 atom stereocenters. The third-order valence-electron chi connectivity index (χ3n) is 5.77. The number of hydrogen-bond donors (Lipinski definition) is 0. The summed E-state index contributed by atoms with van der Waals surface area (Å²) >= 11 is 0. The van der Waals surface area contributed by atoms with Crippen LogP contribution in [0.4, 0.5) is 0 Å². The lowest BCUT2D eigenvalue weighted by atomic mass is 10.2. The fraction of sp³-hybridized carbons (Fsp3) is 0.212. The van der Waals surface area contributed by atoms with E-state index in [2.05, 4.69) is 13.2 Å². The van der Waals surface area contributed by atoms with Gasteiger partial charge in [-0.05, 0) is 79.2 Å². The van der Waals surface area contributed by atoms with E-state index in [0.717, 1.165) is 12.2 Å². The molecule has 0 amide bonds. The Kier molecular flexibility index (Phi) is 11.6. The highest BCUT2D eigenvalue weighted by Gasteiger charge is 2.16. The Morgan fingerprint density at radius 2 is 1.07 bits per heavy atom. The van der Waals surface area contributed by atoms with Crippen LogP contribution in [0, 0.1) is 6.92 Å². The van der Waals surface area contributed by atoms with Gasteiger partial charge >= 0.3 is 23.9 Å². The summed E-state index contributed by atoms with van der Waals surface area (Å²) < 4.78 is 32.4. The number of esters is 4. The zero-order chi connectivity index (χ0) is 31.4. The highest BCUT2D eigenvalue weighted by Crippen LogP contribution is 2.26. The molecule has 3 aromatic rings. The number of benzene rings is 3. The van der Waals surface area contributed by atoms with Crippen LogP contribution in [-0.4, -0.2) is 36.5 Å². The van der Waals surface area contributed by atoms with Crippen molar-refractivity contribution in [3.63, 3.8) is 0 Å². The standard InChI is InChI=1S/C33H32O10/c1-6-28(34)42-30(8-3)38-24-14-10-22(11-15-24)32(36)40-26-18-19-27(21(5)20-26)41-33(37)23-12-16-25(17-13-23)39-31(9-4)43-29(35)7-2/h6-7,10-20,30-31H,1-2,8-9H2,3-5H3. The zero-order valence-electron chi connectivity index (χ0n) is 24.1. The first kappa shape index (κ1) is 32.1. The van der Waals surface area contributed by atoms with Gasteiger partial charge in [-0.1, -0.05) is 27.0 Å². The van der Waals surface area contributed by atoms with Gasteiger partial charge in [-0.25, -0.2) is 19.2 Å². The van der Waals surface area contributed by atoms with Crippen molar-refractivity contribution in [2.24, 2.45) is 0 Å². The molecule has 0 saturated heterocycles. The minimum atomic E-state index is -0.791. The molecule has 3 rings (SSSR count). The summed E-state index contributed by atoms with van der Waals surface area (Å²) in [4.78, 5) is 48.2. The van der Waals surface area contributed by atoms with Gasteiger partial charge in [-0.3, -0.25) is 0 Å². The summed E-state index contributed by atoms with van der Waals surface area (Å²) in [6.45, 7) is 12.0. The molecule has 3 aromatic carbocycles. The second-order valence-corrected chi connectivity index (χ2v) is 8.95. The Morgan fingerprint density at radius 1 is 0.651 bits per heavy atom. The van der Waals surface area contributed by atoms with Crippen molar-refractivity contribution in [3.05, 3.63) is 109 Å². The van der Waals surface area contributed by atoms with Crippen molar-refractivity contribution in [2.45, 2.75) is 46.2 Å². The SMILES string of the molecule is C=CC(=O)OC(CC)Oc1ccc(C(=O)Oc2ccc(OC(=O)c3ccc(OC(CC)OC(=O)C=C)cc3)c(C)c2)cc1. The van der Waals surface area contributed by atoms with Crippen molar-refractivity contribution in [1.82, 2.24) is 0 Å². The first-order valence-corrected chi connectivity index (χ1v) is 13.4. The molecule has 0 aliphatic heterocycles. The molecule has 0 N–H and O–H groups in total. The van der Waals surface area contributed by atoms with E-state index in [4.69, 9.17) is 28.4 Å². The van der Waals surface area contributed by atoms with Crippen molar-refractivity contribution in [2.75, 3.05) is 0 Å². The van der Waals surface area contributed by atoms with Crippen LogP contribution in [0.5, 0.6) is 23.0 Å². The van der Waals surface area contributed by atoms with E-state index in [1.54, 1.807) is 51.1 Å². The minimum absolute atomic E-state index is 0.258. The van der Waals surface area contributed by atoms with Gasteiger partial charge in [-0.15, -0.1) is 0 Å². The summed E-state index contributed by atoms with van der Waals surface area (Å²) in [5, 5.41) is 0. The van der Waals surface area contributed by atoms with E-state index < -0.39 is 36.5 Å². The molecule has 2 unspecified atom stereocenters.